The third-order valence-corrected chi connectivity index (χ3v) is 0.806. The first-order valence-electron chi connectivity index (χ1n) is 2.08. The molecule has 3 heteroatoms. The largest absolute Gasteiger partial charge is 0.373 e. The van der Waals surface area contributed by atoms with Crippen LogP contribution in [0.5, 0.6) is 0 Å². The summed E-state index contributed by atoms with van der Waals surface area (Å²) in [6, 6.07) is 1.86. The lowest BCUT2D eigenvalue weighted by Gasteiger charge is -1.86. The fraction of sp³-hybridized carbons (Fsp3) is 0.500. The van der Waals surface area contributed by atoms with E-state index in [1.807, 2.05) is 6.07 Å². The summed E-state index contributed by atoms with van der Waals surface area (Å²) in [4.78, 5) is 3.76. The molecule has 1 aliphatic heterocycles. The summed E-state index contributed by atoms with van der Waals surface area (Å²) >= 11 is 0. The number of nitrogens with zero attached hydrogens (tertiary/aromatic N) is 2. The SMILES string of the molecule is N#CC1CNC=N1. The zero-order valence-corrected chi connectivity index (χ0v) is 3.76. The number of hydrogen-bond acceptors (Lipinski definition) is 3. The number of nitrogens with one attached hydrogen (secondary N) is 1. The average molecular weight is 95.1 g/mol. The molecule has 0 radical (unpaired) electrons. The molecule has 0 amide bonds. The van der Waals surface area contributed by atoms with Crippen LogP contribution in [0.3, 0.4) is 0 Å². The fourth-order valence-electron chi connectivity index (χ4n) is 0.439. The van der Waals surface area contributed by atoms with Gasteiger partial charge < -0.3 is 5.32 Å². The van der Waals surface area contributed by atoms with Crippen LogP contribution in [0, 0.1) is 11.3 Å². The molecule has 1 unspecified atom stereocenters. The van der Waals surface area contributed by atoms with Crippen molar-refractivity contribution in [2.24, 2.45) is 4.99 Å². The molecule has 1 heterocycles. The Bertz CT molecular complexity index is 121. The van der Waals surface area contributed by atoms with Gasteiger partial charge >= 0.3 is 0 Å². The van der Waals surface area contributed by atoms with Crippen LogP contribution in [0.4, 0.5) is 0 Å². The second kappa shape index (κ2) is 1.61. The fourth-order valence-corrected chi connectivity index (χ4v) is 0.439. The van der Waals surface area contributed by atoms with Gasteiger partial charge in [0.15, 0.2) is 6.04 Å². The van der Waals surface area contributed by atoms with E-state index < -0.39 is 0 Å². The summed E-state index contributed by atoms with van der Waals surface area (Å²) in [5.74, 6) is 0. The Morgan fingerprint density at radius 1 is 2.00 bits per heavy atom. The maximum Gasteiger partial charge on any atom is 0.155 e. The van der Waals surface area contributed by atoms with E-state index in [2.05, 4.69) is 10.3 Å². The molecule has 36 valence electrons. The van der Waals surface area contributed by atoms with Crippen LogP contribution in [0.15, 0.2) is 4.99 Å². The van der Waals surface area contributed by atoms with Crippen molar-refractivity contribution < 1.29 is 0 Å². The third-order valence-electron chi connectivity index (χ3n) is 0.806. The number of nitriles is 1. The lowest BCUT2D eigenvalue weighted by molar-refractivity contribution is 0.845. The molecule has 0 spiro atoms. The van der Waals surface area contributed by atoms with Crippen LogP contribution in [0.2, 0.25) is 0 Å². The van der Waals surface area contributed by atoms with E-state index in [4.69, 9.17) is 5.26 Å². The van der Waals surface area contributed by atoms with E-state index in [9.17, 15) is 0 Å². The summed E-state index contributed by atoms with van der Waals surface area (Å²) in [5, 5.41) is 11.0. The van der Waals surface area contributed by atoms with Crippen molar-refractivity contribution in [3.63, 3.8) is 0 Å². The van der Waals surface area contributed by atoms with E-state index >= 15 is 0 Å². The maximum absolute atomic E-state index is 8.16. The Balaban J connectivity index is 2.47. The van der Waals surface area contributed by atoms with E-state index in [-0.39, 0.29) is 6.04 Å². The lowest BCUT2D eigenvalue weighted by Crippen LogP contribution is -2.12. The second-order valence-corrected chi connectivity index (χ2v) is 1.33. The van der Waals surface area contributed by atoms with Crippen LogP contribution >= 0.6 is 0 Å². The van der Waals surface area contributed by atoms with Crippen molar-refractivity contribution >= 4 is 6.34 Å². The third kappa shape index (κ3) is 0.686. The predicted octanol–water partition coefficient (Wildman–Crippen LogP) is -0.490. The highest BCUT2D eigenvalue weighted by atomic mass is 15.0. The summed E-state index contributed by atoms with van der Waals surface area (Å²) in [5.41, 5.74) is 0. The van der Waals surface area contributed by atoms with Crippen molar-refractivity contribution in [1.29, 1.82) is 5.26 Å². The summed E-state index contributed by atoms with van der Waals surface area (Å²) < 4.78 is 0. The quantitative estimate of drug-likeness (QED) is 0.441. The van der Waals surface area contributed by atoms with Crippen molar-refractivity contribution in [3.8, 4) is 6.07 Å². The second-order valence-electron chi connectivity index (χ2n) is 1.33. The van der Waals surface area contributed by atoms with Crippen molar-refractivity contribution in [2.75, 3.05) is 6.54 Å². The molecule has 0 saturated heterocycles. The highest BCUT2D eigenvalue weighted by Gasteiger charge is 2.05. The number of aliphatic imine (C=N–C) groups is 1. The van der Waals surface area contributed by atoms with E-state index in [0.29, 0.717) is 6.54 Å². The van der Waals surface area contributed by atoms with Gasteiger partial charge in [-0.25, -0.2) is 0 Å². The molecule has 0 saturated carbocycles. The summed E-state index contributed by atoms with van der Waals surface area (Å²) in [6.45, 7) is 0.677. The molecule has 1 rings (SSSR count). The zero-order chi connectivity index (χ0) is 5.11. The van der Waals surface area contributed by atoms with Gasteiger partial charge in [-0.3, -0.25) is 4.99 Å². The van der Waals surface area contributed by atoms with Crippen LogP contribution in [0.25, 0.3) is 0 Å². The Morgan fingerprint density at radius 3 is 3.14 bits per heavy atom. The van der Waals surface area contributed by atoms with Gasteiger partial charge in [-0.2, -0.15) is 5.26 Å². The zero-order valence-electron chi connectivity index (χ0n) is 3.76. The molecule has 0 aromatic heterocycles. The molecule has 0 fully saturated rings. The van der Waals surface area contributed by atoms with Crippen molar-refractivity contribution in [1.82, 2.24) is 5.32 Å². The van der Waals surface area contributed by atoms with Crippen LogP contribution in [-0.4, -0.2) is 18.9 Å². The molecule has 0 aliphatic carbocycles. The van der Waals surface area contributed by atoms with Gasteiger partial charge in [-0.05, 0) is 0 Å². The topological polar surface area (TPSA) is 48.2 Å². The van der Waals surface area contributed by atoms with E-state index in [1.165, 1.54) is 0 Å². The number of rotatable bonds is 0. The Morgan fingerprint density at radius 2 is 2.86 bits per heavy atom. The molecule has 1 N–H and O–H groups in total. The van der Waals surface area contributed by atoms with Crippen molar-refractivity contribution in [2.45, 2.75) is 6.04 Å². The van der Waals surface area contributed by atoms with Crippen molar-refractivity contribution in [3.05, 3.63) is 0 Å². The Hall–Kier alpha value is -1.04. The monoisotopic (exact) mass is 95.0 g/mol. The molecule has 0 aromatic carbocycles. The minimum absolute atomic E-state index is 0.139. The van der Waals surface area contributed by atoms with Crippen LogP contribution in [0.1, 0.15) is 0 Å². The minimum atomic E-state index is -0.139. The number of hydrogen-bond donors (Lipinski definition) is 1. The Kier molecular flexibility index (Phi) is 0.947. The van der Waals surface area contributed by atoms with Crippen LogP contribution < -0.4 is 5.32 Å². The first-order valence-corrected chi connectivity index (χ1v) is 2.08. The smallest absolute Gasteiger partial charge is 0.155 e. The van der Waals surface area contributed by atoms with E-state index in [0.717, 1.165) is 0 Å². The molecule has 0 aromatic rings. The van der Waals surface area contributed by atoms with Gasteiger partial charge in [0.05, 0.1) is 19.0 Å². The molecule has 0 bridgehead atoms. The van der Waals surface area contributed by atoms with Gasteiger partial charge in [0, 0.05) is 0 Å². The highest BCUT2D eigenvalue weighted by molar-refractivity contribution is 5.57. The highest BCUT2D eigenvalue weighted by Crippen LogP contribution is 1.88. The van der Waals surface area contributed by atoms with Gasteiger partial charge in [0.2, 0.25) is 0 Å². The van der Waals surface area contributed by atoms with E-state index in [1.54, 1.807) is 6.34 Å². The minimum Gasteiger partial charge on any atom is -0.373 e. The summed E-state index contributed by atoms with van der Waals surface area (Å²) in [6.07, 6.45) is 1.56. The average Bonchev–Trinajstić information content (AvgIpc) is 2.14. The molecule has 1 atom stereocenters. The molecule has 3 nitrogen and oxygen atoms in total. The molecular formula is C4H5N3. The standard InChI is InChI=1S/C4H5N3/c5-1-4-2-6-3-7-4/h3-4H,2H2,(H,6,7). The van der Waals surface area contributed by atoms with Crippen LogP contribution in [-0.2, 0) is 0 Å². The van der Waals surface area contributed by atoms with Gasteiger partial charge in [-0.1, -0.05) is 0 Å². The Labute approximate surface area is 41.7 Å². The normalized spacial score (nSPS) is 26.4. The predicted molar refractivity (Wildman–Crippen MR) is 25.9 cm³/mol. The maximum atomic E-state index is 8.16. The van der Waals surface area contributed by atoms with Gasteiger partial charge in [-0.15, -0.1) is 0 Å². The molecule has 1 aliphatic rings. The van der Waals surface area contributed by atoms with Gasteiger partial charge in [0.1, 0.15) is 0 Å². The van der Waals surface area contributed by atoms with Gasteiger partial charge in [0.25, 0.3) is 0 Å². The molecule has 7 heavy (non-hydrogen) atoms. The summed E-state index contributed by atoms with van der Waals surface area (Å²) in [7, 11) is 0. The first-order chi connectivity index (χ1) is 3.43. The first kappa shape index (κ1) is 4.13. The molecular weight excluding hydrogens is 90.1 g/mol. The lowest BCUT2D eigenvalue weighted by atomic mass is 10.4.